The van der Waals surface area contributed by atoms with E-state index in [0.29, 0.717) is 17.6 Å². The van der Waals surface area contributed by atoms with Crippen molar-refractivity contribution in [3.63, 3.8) is 0 Å². The Hall–Kier alpha value is -6.65. The molecule has 1 heterocycles. The van der Waals surface area contributed by atoms with Gasteiger partial charge in [0, 0.05) is 38.6 Å². The van der Waals surface area contributed by atoms with Crippen molar-refractivity contribution in [1.82, 2.24) is 15.0 Å². The number of hydrogen-bond acceptors (Lipinski definition) is 4. The number of nitrogens with zero attached hydrogens (tertiary/aromatic N) is 4. The van der Waals surface area contributed by atoms with Crippen molar-refractivity contribution >= 4 is 17.3 Å². The first-order chi connectivity index (χ1) is 28.0. The maximum Gasteiger partial charge on any atom is 0.238 e. The molecule has 0 radical (unpaired) electrons. The van der Waals surface area contributed by atoms with Crippen LogP contribution in [0.2, 0.25) is 0 Å². The van der Waals surface area contributed by atoms with Gasteiger partial charge in [-0.2, -0.15) is 9.97 Å². The molecular formula is C54H44N4. The molecule has 0 amide bonds. The molecule has 0 N–H and O–H groups in total. The Morgan fingerprint density at radius 1 is 0.362 bits per heavy atom. The fourth-order valence-corrected chi connectivity index (χ4v) is 10.3. The molecule has 0 unspecified atom stereocenters. The van der Waals surface area contributed by atoms with E-state index in [9.17, 15) is 0 Å². The standard InChI is InChI=1S/C54H44N4/c1-52(2)41-22-13-10-19-36(41)39-31-33(27-29-44(39)52)49-55-50(34-28-30-45-40(32-34)37-20-11-14-23-42(37)53(45,3)4)57-51(56-49)58(35-17-8-7-9-18-35)47-26-16-25-46-48(47)38-21-12-15-24-43(38)54(46,5)6/h7-32H,1-6H3. The zero-order valence-electron chi connectivity index (χ0n) is 33.8. The molecule has 0 saturated carbocycles. The lowest BCUT2D eigenvalue weighted by molar-refractivity contribution is 0.660. The van der Waals surface area contributed by atoms with Gasteiger partial charge in [-0.05, 0) is 91.5 Å². The Balaban J connectivity index is 1.17. The van der Waals surface area contributed by atoms with Crippen LogP contribution in [-0.4, -0.2) is 15.0 Å². The number of benzene rings is 7. The van der Waals surface area contributed by atoms with E-state index in [0.717, 1.165) is 22.5 Å². The summed E-state index contributed by atoms with van der Waals surface area (Å²) in [6, 6.07) is 57.1. The van der Waals surface area contributed by atoms with E-state index in [-0.39, 0.29) is 16.2 Å². The number of anilines is 3. The molecule has 0 saturated heterocycles. The van der Waals surface area contributed by atoms with Gasteiger partial charge in [0.25, 0.3) is 0 Å². The van der Waals surface area contributed by atoms with Gasteiger partial charge >= 0.3 is 0 Å². The molecule has 0 atom stereocenters. The van der Waals surface area contributed by atoms with Crippen LogP contribution in [0.3, 0.4) is 0 Å². The monoisotopic (exact) mass is 748 g/mol. The van der Waals surface area contributed by atoms with Crippen LogP contribution in [0.15, 0.2) is 158 Å². The minimum Gasteiger partial charge on any atom is -0.278 e. The molecule has 11 rings (SSSR count). The van der Waals surface area contributed by atoms with Gasteiger partial charge in [-0.1, -0.05) is 169 Å². The molecule has 0 spiro atoms. The number of para-hydroxylation sites is 1. The average Bonchev–Trinajstić information content (AvgIpc) is 3.74. The molecule has 4 heteroatoms. The van der Waals surface area contributed by atoms with Gasteiger partial charge in [0.15, 0.2) is 11.6 Å². The molecule has 8 aromatic rings. The zero-order chi connectivity index (χ0) is 39.6. The third-order valence-electron chi connectivity index (χ3n) is 13.3. The third-order valence-corrected chi connectivity index (χ3v) is 13.3. The van der Waals surface area contributed by atoms with Crippen molar-refractivity contribution in [2.24, 2.45) is 0 Å². The van der Waals surface area contributed by atoms with Gasteiger partial charge in [0.2, 0.25) is 5.95 Å². The first-order valence-corrected chi connectivity index (χ1v) is 20.4. The van der Waals surface area contributed by atoms with E-state index < -0.39 is 0 Å². The molecule has 58 heavy (non-hydrogen) atoms. The summed E-state index contributed by atoms with van der Waals surface area (Å²) in [5.41, 5.74) is 19.0. The first kappa shape index (κ1) is 34.6. The quantitative estimate of drug-likeness (QED) is 0.176. The van der Waals surface area contributed by atoms with E-state index in [1.54, 1.807) is 0 Å². The van der Waals surface area contributed by atoms with Crippen molar-refractivity contribution in [2.45, 2.75) is 57.8 Å². The second-order valence-electron chi connectivity index (χ2n) is 17.7. The summed E-state index contributed by atoms with van der Waals surface area (Å²) < 4.78 is 0. The second-order valence-corrected chi connectivity index (χ2v) is 17.7. The molecule has 280 valence electrons. The van der Waals surface area contributed by atoms with Gasteiger partial charge in [-0.3, -0.25) is 4.90 Å². The van der Waals surface area contributed by atoms with Crippen LogP contribution >= 0.6 is 0 Å². The van der Waals surface area contributed by atoms with Crippen LogP contribution in [0.4, 0.5) is 17.3 Å². The maximum absolute atomic E-state index is 5.45. The van der Waals surface area contributed by atoms with Crippen molar-refractivity contribution in [1.29, 1.82) is 0 Å². The summed E-state index contributed by atoms with van der Waals surface area (Å²) in [6.45, 7) is 13.9. The molecule has 3 aliphatic carbocycles. The summed E-state index contributed by atoms with van der Waals surface area (Å²) in [6.07, 6.45) is 0. The van der Waals surface area contributed by atoms with E-state index in [1.165, 1.54) is 66.8 Å². The van der Waals surface area contributed by atoms with Gasteiger partial charge in [-0.15, -0.1) is 0 Å². The van der Waals surface area contributed by atoms with Gasteiger partial charge in [-0.25, -0.2) is 4.98 Å². The number of fused-ring (bicyclic) bond motifs is 9. The van der Waals surface area contributed by atoms with Gasteiger partial charge in [0.1, 0.15) is 0 Å². The summed E-state index contributed by atoms with van der Waals surface area (Å²) in [5.74, 6) is 1.85. The van der Waals surface area contributed by atoms with Crippen LogP contribution in [0, 0.1) is 0 Å². The highest BCUT2D eigenvalue weighted by atomic mass is 15.3. The molecule has 0 aliphatic heterocycles. The van der Waals surface area contributed by atoms with E-state index in [2.05, 4.69) is 204 Å². The van der Waals surface area contributed by atoms with Crippen LogP contribution < -0.4 is 4.90 Å². The number of aromatic nitrogens is 3. The van der Waals surface area contributed by atoms with E-state index >= 15 is 0 Å². The summed E-state index contributed by atoms with van der Waals surface area (Å²) in [7, 11) is 0. The molecular weight excluding hydrogens is 705 g/mol. The topological polar surface area (TPSA) is 41.9 Å². The Labute approximate surface area is 341 Å². The minimum absolute atomic E-state index is 0.101. The lowest BCUT2D eigenvalue weighted by Crippen LogP contribution is -2.18. The lowest BCUT2D eigenvalue weighted by atomic mass is 9.82. The van der Waals surface area contributed by atoms with Crippen molar-refractivity contribution in [3.8, 4) is 56.2 Å². The molecule has 4 nitrogen and oxygen atoms in total. The first-order valence-electron chi connectivity index (χ1n) is 20.4. The predicted molar refractivity (Wildman–Crippen MR) is 238 cm³/mol. The molecule has 7 aromatic carbocycles. The smallest absolute Gasteiger partial charge is 0.238 e. The van der Waals surface area contributed by atoms with Crippen LogP contribution in [0.1, 0.15) is 74.9 Å². The average molecular weight is 749 g/mol. The Bertz CT molecular complexity index is 2870. The van der Waals surface area contributed by atoms with Crippen molar-refractivity contribution in [2.75, 3.05) is 4.90 Å². The highest BCUT2D eigenvalue weighted by Gasteiger charge is 2.39. The largest absolute Gasteiger partial charge is 0.278 e. The Morgan fingerprint density at radius 3 is 1.34 bits per heavy atom. The van der Waals surface area contributed by atoms with Crippen molar-refractivity contribution in [3.05, 3.63) is 191 Å². The number of hydrogen-bond donors (Lipinski definition) is 0. The number of rotatable bonds is 5. The Kier molecular flexibility index (Phi) is 7.26. The summed E-state index contributed by atoms with van der Waals surface area (Å²) in [5, 5.41) is 0. The highest BCUT2D eigenvalue weighted by molar-refractivity contribution is 5.94. The Morgan fingerprint density at radius 2 is 0.793 bits per heavy atom. The van der Waals surface area contributed by atoms with Crippen LogP contribution in [0.5, 0.6) is 0 Å². The second kappa shape index (κ2) is 12.2. The SMILES string of the molecule is CC1(C)c2ccccc2-c2cc(-c3nc(-c4ccc5c(c4)-c4ccccc4C5(C)C)nc(N(c4ccccc4)c4cccc5c4-c4ccccc4C5(C)C)n3)ccc21. The zero-order valence-corrected chi connectivity index (χ0v) is 33.8. The van der Waals surface area contributed by atoms with Crippen molar-refractivity contribution < 1.29 is 0 Å². The maximum atomic E-state index is 5.45. The van der Waals surface area contributed by atoms with E-state index in [1.807, 2.05) is 0 Å². The molecule has 3 aliphatic rings. The van der Waals surface area contributed by atoms with Crippen LogP contribution in [-0.2, 0) is 16.2 Å². The normalized spacial score (nSPS) is 15.5. The molecule has 0 bridgehead atoms. The van der Waals surface area contributed by atoms with Gasteiger partial charge < -0.3 is 0 Å². The summed E-state index contributed by atoms with van der Waals surface area (Å²) >= 11 is 0. The minimum atomic E-state index is -0.164. The lowest BCUT2D eigenvalue weighted by Gasteiger charge is -2.27. The van der Waals surface area contributed by atoms with E-state index in [4.69, 9.17) is 15.0 Å². The summed E-state index contributed by atoms with van der Waals surface area (Å²) in [4.78, 5) is 18.5. The molecule has 1 aromatic heterocycles. The van der Waals surface area contributed by atoms with Crippen LogP contribution in [0.25, 0.3) is 56.2 Å². The third kappa shape index (κ3) is 4.84. The molecule has 0 fully saturated rings. The van der Waals surface area contributed by atoms with Gasteiger partial charge in [0.05, 0.1) is 5.69 Å². The highest BCUT2D eigenvalue weighted by Crippen LogP contribution is 2.55. The fourth-order valence-electron chi connectivity index (χ4n) is 10.3. The fraction of sp³-hybridized carbons (Fsp3) is 0.167. The predicted octanol–water partition coefficient (Wildman–Crippen LogP) is 13.6.